The van der Waals surface area contributed by atoms with Gasteiger partial charge in [0.15, 0.2) is 0 Å². The molecule has 1 heterocycles. The van der Waals surface area contributed by atoms with Crippen LogP contribution in [0.15, 0.2) is 24.3 Å². The van der Waals surface area contributed by atoms with Crippen LogP contribution in [0.2, 0.25) is 5.02 Å². The third-order valence-corrected chi connectivity index (χ3v) is 4.10. The molecular weight excluding hydrogens is 365 g/mol. The van der Waals surface area contributed by atoms with Gasteiger partial charge in [-0.1, -0.05) is 11.6 Å². The highest BCUT2D eigenvalue weighted by atomic mass is 35.5. The number of halogens is 4. The van der Waals surface area contributed by atoms with Crippen molar-refractivity contribution in [3.63, 3.8) is 0 Å². The lowest BCUT2D eigenvalue weighted by molar-refractivity contribution is -0.137. The third-order valence-electron chi connectivity index (χ3n) is 3.79. The van der Waals surface area contributed by atoms with Gasteiger partial charge in [-0.3, -0.25) is 0 Å². The quantitative estimate of drug-likeness (QED) is 0.680. The topological polar surface area (TPSA) is 49.8 Å². The van der Waals surface area contributed by atoms with E-state index in [0.717, 1.165) is 30.7 Å². The van der Waals surface area contributed by atoms with E-state index in [1.807, 2.05) is 26.8 Å². The number of nitrogens with one attached hydrogen (secondary N) is 2. The molecule has 140 valence electrons. The fourth-order valence-electron chi connectivity index (χ4n) is 2.44. The van der Waals surface area contributed by atoms with Gasteiger partial charge in [-0.15, -0.1) is 0 Å². The van der Waals surface area contributed by atoms with Crippen LogP contribution in [-0.4, -0.2) is 15.5 Å². The zero-order valence-corrected chi connectivity index (χ0v) is 15.5. The number of rotatable bonds is 4. The Morgan fingerprint density at radius 1 is 1.08 bits per heavy atom. The second kappa shape index (κ2) is 6.61. The van der Waals surface area contributed by atoms with E-state index in [9.17, 15) is 13.2 Å². The van der Waals surface area contributed by atoms with Crippen LogP contribution in [0.5, 0.6) is 0 Å². The molecule has 1 fully saturated rings. The van der Waals surface area contributed by atoms with E-state index in [1.54, 1.807) is 0 Å². The average molecular weight is 385 g/mol. The van der Waals surface area contributed by atoms with Gasteiger partial charge in [0, 0.05) is 17.5 Å². The molecule has 0 radical (unpaired) electrons. The second-order valence-electron chi connectivity index (χ2n) is 7.47. The molecule has 1 aromatic heterocycles. The van der Waals surface area contributed by atoms with E-state index < -0.39 is 11.7 Å². The van der Waals surface area contributed by atoms with Crippen molar-refractivity contribution in [2.75, 3.05) is 10.6 Å². The van der Waals surface area contributed by atoms with Crippen molar-refractivity contribution in [1.82, 2.24) is 9.97 Å². The van der Waals surface area contributed by atoms with Gasteiger partial charge < -0.3 is 10.6 Å². The van der Waals surface area contributed by atoms with E-state index in [0.29, 0.717) is 23.4 Å². The molecule has 26 heavy (non-hydrogen) atoms. The van der Waals surface area contributed by atoms with Gasteiger partial charge >= 0.3 is 6.18 Å². The van der Waals surface area contributed by atoms with Gasteiger partial charge in [0.25, 0.3) is 0 Å². The standard InChI is InChI=1S/C18H20ClF3N4/c1-17(2,3)26-16-24-14(10-4-5-10)9-15(25-16)23-13-7-6-11(8-12(13)19)18(20,21)22/h6-10H,4-5H2,1-3H3,(H2,23,24,25,26). The normalized spacial score (nSPS) is 15.0. The lowest BCUT2D eigenvalue weighted by Crippen LogP contribution is -2.27. The monoisotopic (exact) mass is 384 g/mol. The van der Waals surface area contributed by atoms with E-state index in [2.05, 4.69) is 20.6 Å². The molecule has 2 aromatic rings. The summed E-state index contributed by atoms with van der Waals surface area (Å²) in [6, 6.07) is 5.02. The van der Waals surface area contributed by atoms with Crippen LogP contribution in [0.3, 0.4) is 0 Å². The maximum absolute atomic E-state index is 12.8. The fourth-order valence-corrected chi connectivity index (χ4v) is 2.67. The van der Waals surface area contributed by atoms with Crippen molar-refractivity contribution in [3.8, 4) is 0 Å². The summed E-state index contributed by atoms with van der Waals surface area (Å²) >= 11 is 6.02. The van der Waals surface area contributed by atoms with Crippen molar-refractivity contribution in [2.45, 2.75) is 51.2 Å². The number of alkyl halides is 3. The minimum atomic E-state index is -4.43. The van der Waals surface area contributed by atoms with E-state index in [1.165, 1.54) is 6.07 Å². The summed E-state index contributed by atoms with van der Waals surface area (Å²) in [7, 11) is 0. The molecule has 0 amide bonds. The Morgan fingerprint density at radius 3 is 2.31 bits per heavy atom. The van der Waals surface area contributed by atoms with Crippen molar-refractivity contribution in [2.24, 2.45) is 0 Å². The summed E-state index contributed by atoms with van der Waals surface area (Å²) in [4.78, 5) is 8.97. The molecule has 3 rings (SSSR count). The summed E-state index contributed by atoms with van der Waals surface area (Å²) in [5, 5.41) is 6.22. The summed E-state index contributed by atoms with van der Waals surface area (Å²) in [5.41, 5.74) is 0.273. The molecule has 0 unspecified atom stereocenters. The highest BCUT2D eigenvalue weighted by molar-refractivity contribution is 6.33. The largest absolute Gasteiger partial charge is 0.416 e. The van der Waals surface area contributed by atoms with Crippen molar-refractivity contribution >= 4 is 29.1 Å². The van der Waals surface area contributed by atoms with Crippen LogP contribution in [0.25, 0.3) is 0 Å². The number of hydrogen-bond donors (Lipinski definition) is 2. The first kappa shape index (κ1) is 18.8. The lowest BCUT2D eigenvalue weighted by Gasteiger charge is -2.21. The van der Waals surface area contributed by atoms with E-state index >= 15 is 0 Å². The summed E-state index contributed by atoms with van der Waals surface area (Å²) in [6.45, 7) is 6.00. The van der Waals surface area contributed by atoms with Crippen molar-refractivity contribution < 1.29 is 13.2 Å². The molecule has 0 spiro atoms. The predicted molar refractivity (Wildman–Crippen MR) is 97.1 cm³/mol. The molecule has 1 aliphatic carbocycles. The minimum absolute atomic E-state index is 0.0169. The summed E-state index contributed by atoms with van der Waals surface area (Å²) in [6.07, 6.45) is -2.28. The minimum Gasteiger partial charge on any atom is -0.350 e. The zero-order valence-electron chi connectivity index (χ0n) is 14.7. The molecule has 1 saturated carbocycles. The van der Waals surface area contributed by atoms with Gasteiger partial charge in [0.1, 0.15) is 5.82 Å². The fraction of sp³-hybridized carbons (Fsp3) is 0.444. The molecule has 1 aliphatic rings. The molecular formula is C18H20ClF3N4. The summed E-state index contributed by atoms with van der Waals surface area (Å²) < 4.78 is 38.3. The van der Waals surface area contributed by atoms with Crippen LogP contribution < -0.4 is 10.6 Å². The lowest BCUT2D eigenvalue weighted by atomic mass is 10.1. The highest BCUT2D eigenvalue weighted by Crippen LogP contribution is 2.40. The van der Waals surface area contributed by atoms with Gasteiger partial charge in [-0.05, 0) is 51.8 Å². The number of nitrogens with zero attached hydrogens (tertiary/aromatic N) is 2. The molecule has 0 atom stereocenters. The van der Waals surface area contributed by atoms with Crippen LogP contribution in [0.1, 0.15) is 50.8 Å². The van der Waals surface area contributed by atoms with Crippen LogP contribution in [0.4, 0.5) is 30.6 Å². The highest BCUT2D eigenvalue weighted by Gasteiger charge is 2.31. The zero-order chi connectivity index (χ0) is 19.1. The molecule has 1 aromatic carbocycles. The Hall–Kier alpha value is -2.02. The Balaban J connectivity index is 1.89. The molecule has 4 nitrogen and oxygen atoms in total. The van der Waals surface area contributed by atoms with Crippen LogP contribution in [-0.2, 0) is 6.18 Å². The Morgan fingerprint density at radius 2 is 1.77 bits per heavy atom. The average Bonchev–Trinajstić information content (AvgIpc) is 3.31. The van der Waals surface area contributed by atoms with E-state index in [-0.39, 0.29) is 10.6 Å². The maximum atomic E-state index is 12.8. The molecule has 0 bridgehead atoms. The third kappa shape index (κ3) is 4.78. The molecule has 0 aliphatic heterocycles. The second-order valence-corrected chi connectivity index (χ2v) is 7.88. The number of hydrogen-bond acceptors (Lipinski definition) is 4. The van der Waals surface area contributed by atoms with E-state index in [4.69, 9.17) is 11.6 Å². The number of anilines is 3. The van der Waals surface area contributed by atoms with Crippen LogP contribution >= 0.6 is 11.6 Å². The maximum Gasteiger partial charge on any atom is 0.416 e. The smallest absolute Gasteiger partial charge is 0.350 e. The first-order valence-corrected chi connectivity index (χ1v) is 8.70. The first-order chi connectivity index (χ1) is 12.0. The Kier molecular flexibility index (Phi) is 4.77. The summed E-state index contributed by atoms with van der Waals surface area (Å²) in [5.74, 6) is 1.38. The predicted octanol–water partition coefficient (Wildman–Crippen LogP) is 5.98. The van der Waals surface area contributed by atoms with Gasteiger partial charge in [-0.25, -0.2) is 4.98 Å². The van der Waals surface area contributed by atoms with Crippen molar-refractivity contribution in [3.05, 3.63) is 40.5 Å². The molecule has 2 N–H and O–H groups in total. The van der Waals surface area contributed by atoms with Gasteiger partial charge in [0.05, 0.1) is 22.0 Å². The van der Waals surface area contributed by atoms with Crippen LogP contribution in [0, 0.1) is 0 Å². The number of benzene rings is 1. The number of aromatic nitrogens is 2. The van der Waals surface area contributed by atoms with Crippen molar-refractivity contribution in [1.29, 1.82) is 0 Å². The van der Waals surface area contributed by atoms with Gasteiger partial charge in [0.2, 0.25) is 5.95 Å². The first-order valence-electron chi connectivity index (χ1n) is 8.32. The SMILES string of the molecule is CC(C)(C)Nc1nc(Nc2ccc(C(F)(F)F)cc2Cl)cc(C2CC2)n1. The van der Waals surface area contributed by atoms with Gasteiger partial charge in [-0.2, -0.15) is 18.2 Å². The molecule has 0 saturated heterocycles. The Bertz CT molecular complexity index is 811. The molecule has 8 heteroatoms. The Labute approximate surface area is 155 Å².